The standard InChI is InChI=1S/C10H17N3O2/c1-7(2)13(4-5-14)10(15)9-6-11-12-8(9)3/h6-7,14H,4-5H2,1-3H3,(H,11,12). The molecule has 5 heteroatoms. The van der Waals surface area contributed by atoms with Crippen molar-refractivity contribution in [2.75, 3.05) is 13.2 Å². The summed E-state index contributed by atoms with van der Waals surface area (Å²) in [5.74, 6) is -0.0923. The Morgan fingerprint density at radius 1 is 1.67 bits per heavy atom. The fraction of sp³-hybridized carbons (Fsp3) is 0.600. The van der Waals surface area contributed by atoms with Gasteiger partial charge in [-0.25, -0.2) is 0 Å². The van der Waals surface area contributed by atoms with Crippen LogP contribution in [0.4, 0.5) is 0 Å². The summed E-state index contributed by atoms with van der Waals surface area (Å²) in [7, 11) is 0. The van der Waals surface area contributed by atoms with Crippen LogP contribution in [0.15, 0.2) is 6.20 Å². The van der Waals surface area contributed by atoms with E-state index in [1.165, 1.54) is 6.20 Å². The van der Waals surface area contributed by atoms with Gasteiger partial charge in [-0.15, -0.1) is 0 Å². The third-order valence-corrected chi connectivity index (χ3v) is 2.29. The predicted molar refractivity (Wildman–Crippen MR) is 56.6 cm³/mol. The normalized spacial score (nSPS) is 10.7. The van der Waals surface area contributed by atoms with Crippen molar-refractivity contribution in [1.29, 1.82) is 0 Å². The van der Waals surface area contributed by atoms with Gasteiger partial charge >= 0.3 is 0 Å². The average molecular weight is 211 g/mol. The van der Waals surface area contributed by atoms with Gasteiger partial charge in [0.05, 0.1) is 18.4 Å². The van der Waals surface area contributed by atoms with Gasteiger partial charge in [-0.1, -0.05) is 0 Å². The fourth-order valence-electron chi connectivity index (χ4n) is 1.42. The van der Waals surface area contributed by atoms with Crippen molar-refractivity contribution in [3.05, 3.63) is 17.5 Å². The Balaban J connectivity index is 2.86. The van der Waals surface area contributed by atoms with E-state index < -0.39 is 0 Å². The monoisotopic (exact) mass is 211 g/mol. The highest BCUT2D eigenvalue weighted by Gasteiger charge is 2.20. The first-order valence-electron chi connectivity index (χ1n) is 4.99. The zero-order valence-corrected chi connectivity index (χ0v) is 9.32. The molecule has 0 saturated heterocycles. The molecule has 0 spiro atoms. The molecule has 0 unspecified atom stereocenters. The number of aryl methyl sites for hydroxylation is 1. The van der Waals surface area contributed by atoms with E-state index in [0.29, 0.717) is 12.1 Å². The van der Waals surface area contributed by atoms with Crippen LogP contribution in [0.1, 0.15) is 29.9 Å². The Labute approximate surface area is 89.1 Å². The third kappa shape index (κ3) is 2.56. The van der Waals surface area contributed by atoms with Gasteiger partial charge < -0.3 is 10.0 Å². The van der Waals surface area contributed by atoms with Crippen LogP contribution in [0.3, 0.4) is 0 Å². The first kappa shape index (κ1) is 11.7. The minimum absolute atomic E-state index is 0.0270. The first-order chi connectivity index (χ1) is 7.07. The van der Waals surface area contributed by atoms with Gasteiger partial charge in [-0.2, -0.15) is 5.10 Å². The number of carbonyl (C=O) groups excluding carboxylic acids is 1. The van der Waals surface area contributed by atoms with Crippen molar-refractivity contribution in [3.8, 4) is 0 Å². The number of H-pyrrole nitrogens is 1. The second kappa shape index (κ2) is 4.93. The average Bonchev–Trinajstić information content (AvgIpc) is 2.59. The van der Waals surface area contributed by atoms with Crippen LogP contribution in [0.25, 0.3) is 0 Å². The number of hydrogen-bond acceptors (Lipinski definition) is 3. The molecule has 0 aromatic carbocycles. The largest absolute Gasteiger partial charge is 0.395 e. The SMILES string of the molecule is Cc1[nH]ncc1C(=O)N(CCO)C(C)C. The summed E-state index contributed by atoms with van der Waals surface area (Å²) in [5, 5.41) is 15.4. The molecule has 5 nitrogen and oxygen atoms in total. The van der Waals surface area contributed by atoms with E-state index in [-0.39, 0.29) is 18.6 Å². The molecule has 0 fully saturated rings. The number of aliphatic hydroxyl groups is 1. The molecule has 1 aromatic rings. The topological polar surface area (TPSA) is 69.2 Å². The molecule has 0 bridgehead atoms. The van der Waals surface area contributed by atoms with Crippen LogP contribution >= 0.6 is 0 Å². The van der Waals surface area contributed by atoms with Gasteiger partial charge in [0.15, 0.2) is 0 Å². The molecule has 0 radical (unpaired) electrons. The van der Waals surface area contributed by atoms with E-state index in [1.807, 2.05) is 13.8 Å². The number of carbonyl (C=O) groups is 1. The summed E-state index contributed by atoms with van der Waals surface area (Å²) < 4.78 is 0. The van der Waals surface area contributed by atoms with Crippen LogP contribution in [0.5, 0.6) is 0 Å². The van der Waals surface area contributed by atoms with Crippen molar-refractivity contribution >= 4 is 5.91 Å². The van der Waals surface area contributed by atoms with Gasteiger partial charge in [-0.3, -0.25) is 9.89 Å². The Bertz CT molecular complexity index is 333. The number of amides is 1. The fourth-order valence-corrected chi connectivity index (χ4v) is 1.42. The van der Waals surface area contributed by atoms with Crippen molar-refractivity contribution < 1.29 is 9.90 Å². The van der Waals surface area contributed by atoms with E-state index >= 15 is 0 Å². The second-order valence-electron chi connectivity index (χ2n) is 3.72. The lowest BCUT2D eigenvalue weighted by atomic mass is 10.2. The van der Waals surface area contributed by atoms with Gasteiger partial charge in [0.25, 0.3) is 5.91 Å². The maximum Gasteiger partial charge on any atom is 0.257 e. The number of rotatable bonds is 4. The number of nitrogens with one attached hydrogen (secondary N) is 1. The summed E-state index contributed by atoms with van der Waals surface area (Å²) >= 11 is 0. The Kier molecular flexibility index (Phi) is 3.85. The quantitative estimate of drug-likeness (QED) is 0.764. The number of aromatic nitrogens is 2. The van der Waals surface area contributed by atoms with Gasteiger partial charge in [0, 0.05) is 18.3 Å². The maximum atomic E-state index is 12.0. The van der Waals surface area contributed by atoms with Crippen LogP contribution in [0.2, 0.25) is 0 Å². The zero-order valence-electron chi connectivity index (χ0n) is 9.32. The van der Waals surface area contributed by atoms with E-state index in [9.17, 15) is 4.79 Å². The molecule has 84 valence electrons. The van der Waals surface area contributed by atoms with Crippen molar-refractivity contribution in [3.63, 3.8) is 0 Å². The molecule has 2 N–H and O–H groups in total. The van der Waals surface area contributed by atoms with Crippen molar-refractivity contribution in [2.24, 2.45) is 0 Å². The molecule has 0 aliphatic carbocycles. The van der Waals surface area contributed by atoms with Gasteiger partial charge in [-0.05, 0) is 20.8 Å². The third-order valence-electron chi connectivity index (χ3n) is 2.29. The van der Waals surface area contributed by atoms with Gasteiger partial charge in [0.2, 0.25) is 0 Å². The molecule has 1 heterocycles. The molecule has 1 aromatic heterocycles. The summed E-state index contributed by atoms with van der Waals surface area (Å²) in [6.07, 6.45) is 1.52. The molecule has 1 rings (SSSR count). The number of hydrogen-bond donors (Lipinski definition) is 2. The lowest BCUT2D eigenvalue weighted by Crippen LogP contribution is -2.39. The molecule has 15 heavy (non-hydrogen) atoms. The Hall–Kier alpha value is -1.36. The number of nitrogens with zero attached hydrogens (tertiary/aromatic N) is 2. The van der Waals surface area contributed by atoms with E-state index in [2.05, 4.69) is 10.2 Å². The number of aliphatic hydroxyl groups excluding tert-OH is 1. The van der Waals surface area contributed by atoms with E-state index in [0.717, 1.165) is 5.69 Å². The summed E-state index contributed by atoms with van der Waals surface area (Å²) in [6, 6.07) is 0.0685. The molecule has 0 atom stereocenters. The van der Waals surface area contributed by atoms with E-state index in [4.69, 9.17) is 5.11 Å². The van der Waals surface area contributed by atoms with Crippen molar-refractivity contribution in [1.82, 2.24) is 15.1 Å². The van der Waals surface area contributed by atoms with Crippen LogP contribution in [0, 0.1) is 6.92 Å². The second-order valence-corrected chi connectivity index (χ2v) is 3.72. The minimum atomic E-state index is -0.0923. The summed E-state index contributed by atoms with van der Waals surface area (Å²) in [6.45, 7) is 5.96. The maximum absolute atomic E-state index is 12.0. The zero-order chi connectivity index (χ0) is 11.4. The van der Waals surface area contributed by atoms with Gasteiger partial charge in [0.1, 0.15) is 0 Å². The molecular weight excluding hydrogens is 194 g/mol. The summed E-state index contributed by atoms with van der Waals surface area (Å²) in [4.78, 5) is 13.6. The summed E-state index contributed by atoms with van der Waals surface area (Å²) in [5.41, 5.74) is 1.32. The first-order valence-corrected chi connectivity index (χ1v) is 4.99. The highest BCUT2D eigenvalue weighted by molar-refractivity contribution is 5.95. The highest BCUT2D eigenvalue weighted by Crippen LogP contribution is 2.09. The molecular formula is C10H17N3O2. The molecule has 1 amide bonds. The van der Waals surface area contributed by atoms with E-state index in [1.54, 1.807) is 11.8 Å². The highest BCUT2D eigenvalue weighted by atomic mass is 16.3. The smallest absolute Gasteiger partial charge is 0.257 e. The molecule has 0 aliphatic heterocycles. The predicted octanol–water partition coefficient (Wildman–Crippen LogP) is 0.561. The minimum Gasteiger partial charge on any atom is -0.395 e. The van der Waals surface area contributed by atoms with Crippen LogP contribution in [-0.2, 0) is 0 Å². The molecule has 0 aliphatic rings. The van der Waals surface area contributed by atoms with Crippen LogP contribution < -0.4 is 0 Å². The Morgan fingerprint density at radius 3 is 2.73 bits per heavy atom. The number of aromatic amines is 1. The Morgan fingerprint density at radius 2 is 2.33 bits per heavy atom. The lowest BCUT2D eigenvalue weighted by molar-refractivity contribution is 0.0664. The lowest BCUT2D eigenvalue weighted by Gasteiger charge is -2.25. The van der Waals surface area contributed by atoms with Crippen molar-refractivity contribution in [2.45, 2.75) is 26.8 Å². The molecule has 0 saturated carbocycles. The van der Waals surface area contributed by atoms with Crippen LogP contribution in [-0.4, -0.2) is 45.3 Å².